The number of ether oxygens (including phenoxy) is 1. The highest BCUT2D eigenvalue weighted by molar-refractivity contribution is 5.97. The topological polar surface area (TPSA) is 56.6 Å². The molecule has 0 unspecified atom stereocenters. The lowest BCUT2D eigenvalue weighted by Crippen LogP contribution is -2.50. The summed E-state index contributed by atoms with van der Waals surface area (Å²) in [6.45, 7) is 12.3. The van der Waals surface area contributed by atoms with Gasteiger partial charge in [-0.2, -0.15) is 0 Å². The standard InChI is InChI=1S/C17H29N3O2/c1-6-8-9-15(14(18)7-2)19-10-12-20(13-11-19)16(21)22-17(3,4)5/h6,8-9,18H,7,10-13H2,1-5H3/b8-6+,15-9+,18-14?. The summed E-state index contributed by atoms with van der Waals surface area (Å²) in [5, 5.41) is 8.11. The van der Waals surface area contributed by atoms with E-state index in [0.717, 1.165) is 18.8 Å². The molecule has 1 saturated heterocycles. The predicted octanol–water partition coefficient (Wildman–Crippen LogP) is 3.43. The molecule has 0 bridgehead atoms. The molecule has 0 atom stereocenters. The number of allylic oxidation sites excluding steroid dienone is 4. The smallest absolute Gasteiger partial charge is 0.410 e. The maximum absolute atomic E-state index is 12.1. The van der Waals surface area contributed by atoms with Crippen molar-refractivity contribution in [1.82, 2.24) is 9.80 Å². The van der Waals surface area contributed by atoms with Crippen LogP contribution in [0.2, 0.25) is 0 Å². The second-order valence-corrected chi connectivity index (χ2v) is 6.36. The van der Waals surface area contributed by atoms with Crippen molar-refractivity contribution in [3.05, 3.63) is 23.9 Å². The molecule has 0 radical (unpaired) electrons. The zero-order valence-electron chi connectivity index (χ0n) is 14.5. The van der Waals surface area contributed by atoms with Crippen LogP contribution in [0.5, 0.6) is 0 Å². The minimum absolute atomic E-state index is 0.253. The highest BCUT2D eigenvalue weighted by atomic mass is 16.6. The predicted molar refractivity (Wildman–Crippen MR) is 90.3 cm³/mol. The Hall–Kier alpha value is -1.78. The molecule has 1 N–H and O–H groups in total. The number of nitrogens with one attached hydrogen (secondary N) is 1. The molecule has 22 heavy (non-hydrogen) atoms. The Balaban J connectivity index is 2.66. The SMILES string of the molecule is C/C=C/C=C(\C(=N)CC)N1CCN(C(=O)OC(C)(C)C)CC1. The highest BCUT2D eigenvalue weighted by Crippen LogP contribution is 2.15. The largest absolute Gasteiger partial charge is 0.444 e. The normalized spacial score (nSPS) is 17.0. The van der Waals surface area contributed by atoms with Gasteiger partial charge in [0.25, 0.3) is 0 Å². The fraction of sp³-hybridized carbons (Fsp3) is 0.647. The van der Waals surface area contributed by atoms with Gasteiger partial charge in [-0.3, -0.25) is 0 Å². The minimum Gasteiger partial charge on any atom is -0.444 e. The third-order valence-corrected chi connectivity index (χ3v) is 3.38. The van der Waals surface area contributed by atoms with Crippen molar-refractivity contribution < 1.29 is 9.53 Å². The fourth-order valence-electron chi connectivity index (χ4n) is 2.22. The number of hydrogen-bond donors (Lipinski definition) is 1. The Kier molecular flexibility index (Phi) is 6.65. The van der Waals surface area contributed by atoms with Crippen LogP contribution in [0, 0.1) is 5.41 Å². The molecule has 5 heteroatoms. The number of nitrogens with zero attached hydrogens (tertiary/aromatic N) is 2. The van der Waals surface area contributed by atoms with Gasteiger partial charge in [-0.05, 0) is 40.2 Å². The fourth-order valence-corrected chi connectivity index (χ4v) is 2.22. The van der Waals surface area contributed by atoms with Gasteiger partial charge in [0, 0.05) is 26.2 Å². The van der Waals surface area contributed by atoms with Crippen molar-refractivity contribution in [2.45, 2.75) is 46.6 Å². The van der Waals surface area contributed by atoms with Crippen LogP contribution >= 0.6 is 0 Å². The Morgan fingerprint density at radius 1 is 1.18 bits per heavy atom. The van der Waals surface area contributed by atoms with E-state index in [0.29, 0.717) is 25.2 Å². The summed E-state index contributed by atoms with van der Waals surface area (Å²) in [6.07, 6.45) is 6.35. The van der Waals surface area contributed by atoms with Crippen LogP contribution in [0.4, 0.5) is 4.79 Å². The summed E-state index contributed by atoms with van der Waals surface area (Å²) in [4.78, 5) is 16.0. The van der Waals surface area contributed by atoms with Crippen molar-refractivity contribution in [1.29, 1.82) is 5.41 Å². The monoisotopic (exact) mass is 307 g/mol. The first kappa shape index (κ1) is 18.3. The molecule has 1 amide bonds. The Morgan fingerprint density at radius 3 is 2.18 bits per heavy atom. The van der Waals surface area contributed by atoms with Gasteiger partial charge in [-0.25, -0.2) is 4.79 Å². The summed E-state index contributed by atoms with van der Waals surface area (Å²) >= 11 is 0. The first-order valence-electron chi connectivity index (χ1n) is 7.92. The minimum atomic E-state index is -0.463. The van der Waals surface area contributed by atoms with Gasteiger partial charge in [0.2, 0.25) is 0 Å². The molecule has 1 aliphatic heterocycles. The molecule has 1 heterocycles. The molecule has 0 aliphatic carbocycles. The number of hydrogen-bond acceptors (Lipinski definition) is 4. The maximum atomic E-state index is 12.1. The van der Waals surface area contributed by atoms with E-state index in [4.69, 9.17) is 10.1 Å². The molecule has 124 valence electrons. The van der Waals surface area contributed by atoms with Crippen molar-refractivity contribution in [2.75, 3.05) is 26.2 Å². The average Bonchev–Trinajstić information content (AvgIpc) is 2.46. The van der Waals surface area contributed by atoms with Gasteiger partial charge < -0.3 is 19.9 Å². The Morgan fingerprint density at radius 2 is 1.73 bits per heavy atom. The van der Waals surface area contributed by atoms with Crippen LogP contribution < -0.4 is 0 Å². The summed E-state index contributed by atoms with van der Waals surface area (Å²) in [5.41, 5.74) is 1.11. The summed E-state index contributed by atoms with van der Waals surface area (Å²) in [5.74, 6) is 0. The first-order valence-corrected chi connectivity index (χ1v) is 7.92. The van der Waals surface area contributed by atoms with Crippen LogP contribution in [0.15, 0.2) is 23.9 Å². The van der Waals surface area contributed by atoms with Crippen LogP contribution in [0.3, 0.4) is 0 Å². The van der Waals surface area contributed by atoms with Gasteiger partial charge in [-0.15, -0.1) is 0 Å². The third-order valence-electron chi connectivity index (χ3n) is 3.38. The number of carbonyl (C=O) groups is 1. The van der Waals surface area contributed by atoms with Gasteiger partial charge in [0.1, 0.15) is 5.60 Å². The molecule has 1 aliphatic rings. The van der Waals surface area contributed by atoms with Gasteiger partial charge in [0.15, 0.2) is 0 Å². The van der Waals surface area contributed by atoms with E-state index >= 15 is 0 Å². The van der Waals surface area contributed by atoms with Crippen molar-refractivity contribution >= 4 is 11.8 Å². The van der Waals surface area contributed by atoms with E-state index in [1.165, 1.54) is 0 Å². The van der Waals surface area contributed by atoms with E-state index in [1.807, 2.05) is 52.8 Å². The summed E-state index contributed by atoms with van der Waals surface area (Å²) in [6, 6.07) is 0. The summed E-state index contributed by atoms with van der Waals surface area (Å²) < 4.78 is 5.41. The van der Waals surface area contributed by atoms with Crippen LogP contribution in [-0.2, 0) is 4.74 Å². The second kappa shape index (κ2) is 8.01. The van der Waals surface area contributed by atoms with Crippen LogP contribution in [-0.4, -0.2) is 53.4 Å². The lowest BCUT2D eigenvalue weighted by molar-refractivity contribution is 0.0172. The first-order chi connectivity index (χ1) is 10.3. The van der Waals surface area contributed by atoms with Crippen molar-refractivity contribution in [3.8, 4) is 0 Å². The van der Waals surface area contributed by atoms with Crippen molar-refractivity contribution in [3.63, 3.8) is 0 Å². The Labute approximate surface area is 134 Å². The number of carbonyl (C=O) groups excluding carboxylic acids is 1. The molecular weight excluding hydrogens is 278 g/mol. The van der Waals surface area contributed by atoms with Crippen LogP contribution in [0.25, 0.3) is 0 Å². The molecule has 0 aromatic heterocycles. The number of amides is 1. The number of rotatable bonds is 4. The maximum Gasteiger partial charge on any atom is 0.410 e. The quantitative estimate of drug-likeness (QED) is 0.639. The zero-order chi connectivity index (χ0) is 16.8. The van der Waals surface area contributed by atoms with E-state index in [-0.39, 0.29) is 6.09 Å². The summed E-state index contributed by atoms with van der Waals surface area (Å²) in [7, 11) is 0. The lowest BCUT2D eigenvalue weighted by Gasteiger charge is -2.37. The molecule has 1 fully saturated rings. The number of piperazine rings is 1. The molecule has 5 nitrogen and oxygen atoms in total. The molecule has 1 rings (SSSR count). The zero-order valence-corrected chi connectivity index (χ0v) is 14.5. The highest BCUT2D eigenvalue weighted by Gasteiger charge is 2.26. The van der Waals surface area contributed by atoms with Gasteiger partial charge >= 0.3 is 6.09 Å². The van der Waals surface area contributed by atoms with Gasteiger partial charge in [0.05, 0.1) is 11.4 Å². The molecule has 0 spiro atoms. The molecular formula is C17H29N3O2. The average molecular weight is 307 g/mol. The van der Waals surface area contributed by atoms with E-state index in [1.54, 1.807) is 4.90 Å². The molecule has 0 saturated carbocycles. The van der Waals surface area contributed by atoms with Gasteiger partial charge in [-0.1, -0.05) is 19.1 Å². The van der Waals surface area contributed by atoms with Crippen molar-refractivity contribution in [2.24, 2.45) is 0 Å². The van der Waals surface area contributed by atoms with E-state index < -0.39 is 5.60 Å². The second-order valence-electron chi connectivity index (χ2n) is 6.36. The van der Waals surface area contributed by atoms with E-state index in [2.05, 4.69) is 4.90 Å². The third kappa shape index (κ3) is 5.54. The molecule has 0 aromatic rings. The van der Waals surface area contributed by atoms with E-state index in [9.17, 15) is 4.79 Å². The Bertz CT molecular complexity index is 453. The molecule has 0 aromatic carbocycles. The lowest BCUT2D eigenvalue weighted by atomic mass is 10.1. The van der Waals surface area contributed by atoms with Crippen LogP contribution in [0.1, 0.15) is 41.0 Å².